The first-order chi connectivity index (χ1) is 6.63. The van der Waals surface area contributed by atoms with Crippen LogP contribution in [0.2, 0.25) is 0 Å². The molecule has 1 heterocycles. The topological polar surface area (TPSA) is 108 Å². The predicted octanol–water partition coefficient (Wildman–Crippen LogP) is -1.92. The highest BCUT2D eigenvalue weighted by Gasteiger charge is 2.21. The second-order valence-electron chi connectivity index (χ2n) is 2.93. The minimum atomic E-state index is -0.310. The Kier molecular flexibility index (Phi) is 3.27. The van der Waals surface area contributed by atoms with Crippen LogP contribution >= 0.6 is 0 Å². The summed E-state index contributed by atoms with van der Waals surface area (Å²) in [5, 5.41) is 13.5. The summed E-state index contributed by atoms with van der Waals surface area (Å²) in [6, 6.07) is 0. The summed E-state index contributed by atoms with van der Waals surface area (Å²) >= 11 is 0. The van der Waals surface area contributed by atoms with Crippen LogP contribution in [0.3, 0.4) is 0 Å². The molecule has 0 aromatic rings. The van der Waals surface area contributed by atoms with E-state index in [4.69, 9.17) is 10.9 Å². The highest BCUT2D eigenvalue weighted by Crippen LogP contribution is 1.97. The van der Waals surface area contributed by atoms with Gasteiger partial charge in [-0.05, 0) is 0 Å². The van der Waals surface area contributed by atoms with Gasteiger partial charge in [-0.3, -0.25) is 9.59 Å². The Bertz CT molecular complexity index is 276. The summed E-state index contributed by atoms with van der Waals surface area (Å²) in [6.07, 6.45) is -0.163. The number of carbonyl (C=O) groups excluding carboxylic acids is 2. The molecule has 1 saturated heterocycles. The largest absolute Gasteiger partial charge is 0.409 e. The number of hydrogen-bond donors (Lipinski definition) is 3. The van der Waals surface area contributed by atoms with Crippen molar-refractivity contribution < 1.29 is 14.8 Å². The monoisotopic (exact) mass is 200 g/mol. The van der Waals surface area contributed by atoms with Crippen molar-refractivity contribution in [3.63, 3.8) is 0 Å². The van der Waals surface area contributed by atoms with Gasteiger partial charge >= 0.3 is 0 Å². The van der Waals surface area contributed by atoms with E-state index in [9.17, 15) is 9.59 Å². The fourth-order valence-corrected chi connectivity index (χ4v) is 1.15. The van der Waals surface area contributed by atoms with Gasteiger partial charge in [0.25, 0.3) is 0 Å². The lowest BCUT2D eigenvalue weighted by atomic mass is 10.3. The average Bonchev–Trinajstić information content (AvgIpc) is 2.17. The van der Waals surface area contributed by atoms with E-state index in [0.717, 1.165) is 0 Å². The number of amides is 2. The highest BCUT2D eigenvalue weighted by atomic mass is 16.4. The molecule has 0 aromatic carbocycles. The second-order valence-corrected chi connectivity index (χ2v) is 2.93. The van der Waals surface area contributed by atoms with Crippen molar-refractivity contribution in [1.82, 2.24) is 10.2 Å². The predicted molar refractivity (Wildman–Crippen MR) is 47.6 cm³/mol. The van der Waals surface area contributed by atoms with E-state index in [1.54, 1.807) is 0 Å². The second kappa shape index (κ2) is 4.45. The molecule has 2 amide bonds. The van der Waals surface area contributed by atoms with Crippen LogP contribution < -0.4 is 11.1 Å². The van der Waals surface area contributed by atoms with E-state index in [2.05, 4.69) is 10.5 Å². The van der Waals surface area contributed by atoms with Crippen molar-refractivity contribution in [1.29, 1.82) is 0 Å². The Balaban J connectivity index is 2.48. The minimum absolute atomic E-state index is 0.0392. The quantitative estimate of drug-likeness (QED) is 0.209. The molecule has 1 fully saturated rings. The standard InChI is InChI=1S/C7H12N4O3/c8-5(10-14)3-7(13)11-2-1-9-6(12)4-11/h14H,1-4H2,(H2,8,10)(H,9,12). The number of nitrogens with one attached hydrogen (secondary N) is 1. The van der Waals surface area contributed by atoms with Crippen molar-refractivity contribution in [3.05, 3.63) is 0 Å². The Morgan fingerprint density at radius 3 is 3.00 bits per heavy atom. The van der Waals surface area contributed by atoms with Gasteiger partial charge in [0.15, 0.2) is 0 Å². The van der Waals surface area contributed by atoms with Gasteiger partial charge in [0.05, 0.1) is 13.0 Å². The third-order valence-electron chi connectivity index (χ3n) is 1.85. The van der Waals surface area contributed by atoms with Crippen molar-refractivity contribution in [2.45, 2.75) is 6.42 Å². The Labute approximate surface area is 80.5 Å². The third kappa shape index (κ3) is 2.61. The van der Waals surface area contributed by atoms with Gasteiger partial charge in [-0.15, -0.1) is 0 Å². The van der Waals surface area contributed by atoms with Crippen LogP contribution in [-0.4, -0.2) is 47.4 Å². The molecular weight excluding hydrogens is 188 g/mol. The van der Waals surface area contributed by atoms with Crippen molar-refractivity contribution in [2.75, 3.05) is 19.6 Å². The van der Waals surface area contributed by atoms with Crippen LogP contribution in [0.4, 0.5) is 0 Å². The zero-order chi connectivity index (χ0) is 10.6. The number of piperazine rings is 1. The van der Waals surface area contributed by atoms with E-state index in [1.807, 2.05) is 0 Å². The van der Waals surface area contributed by atoms with E-state index in [-0.39, 0.29) is 30.6 Å². The number of nitrogens with zero attached hydrogens (tertiary/aromatic N) is 2. The maximum Gasteiger partial charge on any atom is 0.239 e. The van der Waals surface area contributed by atoms with Gasteiger partial charge in [-0.2, -0.15) is 0 Å². The fraction of sp³-hybridized carbons (Fsp3) is 0.571. The van der Waals surface area contributed by atoms with E-state index in [0.29, 0.717) is 13.1 Å². The fourth-order valence-electron chi connectivity index (χ4n) is 1.15. The molecule has 4 N–H and O–H groups in total. The maximum atomic E-state index is 11.4. The molecule has 1 rings (SSSR count). The van der Waals surface area contributed by atoms with Crippen molar-refractivity contribution >= 4 is 17.6 Å². The van der Waals surface area contributed by atoms with Gasteiger partial charge in [-0.25, -0.2) is 0 Å². The molecule has 14 heavy (non-hydrogen) atoms. The summed E-state index contributed by atoms with van der Waals surface area (Å²) in [7, 11) is 0. The van der Waals surface area contributed by atoms with E-state index in [1.165, 1.54) is 4.90 Å². The molecule has 7 nitrogen and oxygen atoms in total. The van der Waals surface area contributed by atoms with Gasteiger partial charge in [-0.1, -0.05) is 5.16 Å². The molecule has 0 spiro atoms. The first-order valence-corrected chi connectivity index (χ1v) is 4.14. The Hall–Kier alpha value is -1.79. The van der Waals surface area contributed by atoms with Crippen LogP contribution in [0.1, 0.15) is 6.42 Å². The summed E-state index contributed by atoms with van der Waals surface area (Å²) < 4.78 is 0. The Morgan fingerprint density at radius 1 is 1.71 bits per heavy atom. The van der Waals surface area contributed by atoms with Crippen LogP contribution in [0.15, 0.2) is 5.16 Å². The minimum Gasteiger partial charge on any atom is -0.409 e. The van der Waals surface area contributed by atoms with Gasteiger partial charge in [0.1, 0.15) is 5.84 Å². The molecule has 78 valence electrons. The van der Waals surface area contributed by atoms with Crippen LogP contribution in [0, 0.1) is 0 Å². The molecule has 0 bridgehead atoms. The number of oxime groups is 1. The van der Waals surface area contributed by atoms with Crippen LogP contribution in [-0.2, 0) is 9.59 Å². The summed E-state index contributed by atoms with van der Waals surface area (Å²) in [6.45, 7) is 0.946. The summed E-state index contributed by atoms with van der Waals surface area (Å²) in [5.74, 6) is -0.653. The molecular formula is C7H12N4O3. The Morgan fingerprint density at radius 2 is 2.43 bits per heavy atom. The zero-order valence-electron chi connectivity index (χ0n) is 7.56. The molecule has 0 radical (unpaired) electrons. The third-order valence-corrected chi connectivity index (χ3v) is 1.85. The van der Waals surface area contributed by atoms with Gasteiger partial charge < -0.3 is 21.2 Å². The molecule has 0 saturated carbocycles. The first-order valence-electron chi connectivity index (χ1n) is 4.14. The lowest BCUT2D eigenvalue weighted by Crippen LogP contribution is -2.50. The summed E-state index contributed by atoms with van der Waals surface area (Å²) in [5.41, 5.74) is 5.17. The first kappa shape index (κ1) is 10.3. The lowest BCUT2D eigenvalue weighted by molar-refractivity contribution is -0.137. The van der Waals surface area contributed by atoms with Crippen molar-refractivity contribution in [3.8, 4) is 0 Å². The van der Waals surface area contributed by atoms with Gasteiger partial charge in [0.2, 0.25) is 11.8 Å². The average molecular weight is 200 g/mol. The molecule has 0 aromatic heterocycles. The maximum absolute atomic E-state index is 11.4. The molecule has 1 aliphatic rings. The SMILES string of the molecule is N/C(CC(=O)N1CCNC(=O)C1)=N\O. The highest BCUT2D eigenvalue weighted by molar-refractivity contribution is 6.00. The van der Waals surface area contributed by atoms with Gasteiger partial charge in [0, 0.05) is 13.1 Å². The van der Waals surface area contributed by atoms with Crippen molar-refractivity contribution in [2.24, 2.45) is 10.9 Å². The van der Waals surface area contributed by atoms with Crippen LogP contribution in [0.25, 0.3) is 0 Å². The normalized spacial score (nSPS) is 17.9. The summed E-state index contributed by atoms with van der Waals surface area (Å²) in [4.78, 5) is 23.7. The molecule has 0 atom stereocenters. The van der Waals surface area contributed by atoms with E-state index >= 15 is 0 Å². The molecule has 7 heteroatoms. The number of amidine groups is 1. The number of carbonyl (C=O) groups is 2. The molecule has 0 aliphatic carbocycles. The zero-order valence-corrected chi connectivity index (χ0v) is 7.56. The number of nitrogens with two attached hydrogens (primary N) is 1. The lowest BCUT2D eigenvalue weighted by Gasteiger charge is -2.26. The van der Waals surface area contributed by atoms with E-state index < -0.39 is 0 Å². The number of rotatable bonds is 2. The van der Waals surface area contributed by atoms with Crippen LogP contribution in [0.5, 0.6) is 0 Å². The smallest absolute Gasteiger partial charge is 0.239 e. The molecule has 0 unspecified atom stereocenters. The molecule has 1 aliphatic heterocycles. The number of hydrogen-bond acceptors (Lipinski definition) is 4.